The lowest BCUT2D eigenvalue weighted by Gasteiger charge is -2.34. The number of anilines is 1. The Bertz CT molecular complexity index is 1820. The lowest BCUT2D eigenvalue weighted by molar-refractivity contribution is -0.140. The van der Waals surface area contributed by atoms with Gasteiger partial charge in [0.15, 0.2) is 0 Å². The number of sulfonamides is 1. The van der Waals surface area contributed by atoms with Crippen molar-refractivity contribution in [2.24, 2.45) is 0 Å². The monoisotopic (exact) mass is 723 g/mol. The number of nitrogens with zero attached hydrogens (tertiary/aromatic N) is 2. The van der Waals surface area contributed by atoms with Crippen LogP contribution in [0.15, 0.2) is 107 Å². The van der Waals surface area contributed by atoms with E-state index in [1.165, 1.54) is 16.7 Å². The standard InChI is InChI=1S/C37H39Cl2N3O4S2/c1-26-12-15-30(16-13-26)42(48(45,46)32-19-17-31(47-2)18-20-32)25-36(43)41(24-28-14-21-33(38)34(39)22-28)35(23-27-8-4-3-5-9-27)37(44)40-29-10-6-7-11-29/h3-5,8-9,12-22,29,35H,6-7,10-11,23-25H2,1-2H3,(H,40,44)/t35-/m0/s1. The number of thioether (sulfide) groups is 1. The Balaban J connectivity index is 1.57. The molecule has 4 aromatic rings. The van der Waals surface area contributed by atoms with E-state index < -0.39 is 28.5 Å². The molecule has 0 aromatic heterocycles. The van der Waals surface area contributed by atoms with E-state index in [1.807, 2.05) is 43.5 Å². The fraction of sp³-hybridized carbons (Fsp3) is 0.297. The van der Waals surface area contributed by atoms with Gasteiger partial charge in [-0.2, -0.15) is 0 Å². The Morgan fingerprint density at radius 3 is 2.17 bits per heavy atom. The molecule has 5 rings (SSSR count). The minimum atomic E-state index is -4.19. The molecule has 0 bridgehead atoms. The summed E-state index contributed by atoms with van der Waals surface area (Å²) in [5, 5.41) is 3.86. The molecule has 1 saturated carbocycles. The second kappa shape index (κ2) is 16.3. The average Bonchev–Trinajstić information content (AvgIpc) is 3.60. The molecule has 0 saturated heterocycles. The fourth-order valence-electron chi connectivity index (χ4n) is 5.87. The topological polar surface area (TPSA) is 86.8 Å². The van der Waals surface area contributed by atoms with Crippen molar-refractivity contribution < 1.29 is 18.0 Å². The summed E-state index contributed by atoms with van der Waals surface area (Å²) in [5.41, 5.74) is 2.81. The number of nitrogens with one attached hydrogen (secondary N) is 1. The van der Waals surface area contributed by atoms with Crippen molar-refractivity contribution in [1.29, 1.82) is 0 Å². The van der Waals surface area contributed by atoms with Gasteiger partial charge < -0.3 is 10.2 Å². The van der Waals surface area contributed by atoms with Crippen LogP contribution in [0.25, 0.3) is 0 Å². The normalized spacial score (nSPS) is 14.0. The van der Waals surface area contributed by atoms with Crippen molar-refractivity contribution in [3.63, 3.8) is 0 Å². The highest BCUT2D eigenvalue weighted by Gasteiger charge is 2.35. The van der Waals surface area contributed by atoms with Crippen LogP contribution in [0.2, 0.25) is 10.0 Å². The number of rotatable bonds is 13. The third-order valence-corrected chi connectivity index (χ3v) is 11.8. The van der Waals surface area contributed by atoms with Crippen molar-refractivity contribution in [3.8, 4) is 0 Å². The summed E-state index contributed by atoms with van der Waals surface area (Å²) in [7, 11) is -4.19. The van der Waals surface area contributed by atoms with Crippen LogP contribution in [-0.2, 0) is 32.6 Å². The Labute approximate surface area is 297 Å². The van der Waals surface area contributed by atoms with Gasteiger partial charge in [-0.1, -0.05) is 90.1 Å². The molecule has 1 N–H and O–H groups in total. The first-order valence-corrected chi connectivity index (χ1v) is 19.3. The van der Waals surface area contributed by atoms with Gasteiger partial charge in [0, 0.05) is 23.9 Å². The number of aryl methyl sites for hydroxylation is 1. The minimum Gasteiger partial charge on any atom is -0.352 e. The predicted molar refractivity (Wildman–Crippen MR) is 195 cm³/mol. The molecule has 1 atom stereocenters. The number of hydrogen-bond acceptors (Lipinski definition) is 5. The van der Waals surface area contributed by atoms with Crippen molar-refractivity contribution in [1.82, 2.24) is 10.2 Å². The average molecular weight is 725 g/mol. The molecule has 0 unspecified atom stereocenters. The summed E-state index contributed by atoms with van der Waals surface area (Å²) < 4.78 is 29.7. The predicted octanol–water partition coefficient (Wildman–Crippen LogP) is 7.92. The molecule has 1 aliphatic rings. The van der Waals surface area contributed by atoms with Crippen LogP contribution >= 0.6 is 35.0 Å². The maximum atomic E-state index is 14.7. The van der Waals surface area contributed by atoms with Crippen molar-refractivity contribution in [2.45, 2.75) is 67.4 Å². The Morgan fingerprint density at radius 2 is 1.54 bits per heavy atom. The zero-order valence-electron chi connectivity index (χ0n) is 26.9. The third-order valence-electron chi connectivity index (χ3n) is 8.56. The highest BCUT2D eigenvalue weighted by molar-refractivity contribution is 7.98. The van der Waals surface area contributed by atoms with Gasteiger partial charge in [-0.05, 0) is 85.7 Å². The van der Waals surface area contributed by atoms with Gasteiger partial charge >= 0.3 is 0 Å². The summed E-state index contributed by atoms with van der Waals surface area (Å²) in [5.74, 6) is -0.815. The zero-order chi connectivity index (χ0) is 34.3. The first-order chi connectivity index (χ1) is 23.0. The Hall–Kier alpha value is -3.50. The number of halogens is 2. The first kappa shape index (κ1) is 35.8. The van der Waals surface area contributed by atoms with E-state index in [4.69, 9.17) is 23.2 Å². The van der Waals surface area contributed by atoms with E-state index >= 15 is 0 Å². The van der Waals surface area contributed by atoms with Crippen LogP contribution in [0.1, 0.15) is 42.4 Å². The van der Waals surface area contributed by atoms with Gasteiger partial charge in [-0.25, -0.2) is 8.42 Å². The maximum absolute atomic E-state index is 14.7. The van der Waals surface area contributed by atoms with E-state index in [9.17, 15) is 18.0 Å². The number of amides is 2. The SMILES string of the molecule is CSc1ccc(S(=O)(=O)N(CC(=O)N(Cc2ccc(Cl)c(Cl)c2)[C@@H](Cc2ccccc2)C(=O)NC2CCCC2)c2ccc(C)cc2)cc1. The molecule has 4 aromatic carbocycles. The van der Waals surface area contributed by atoms with E-state index in [1.54, 1.807) is 66.7 Å². The molecular weight excluding hydrogens is 685 g/mol. The lowest BCUT2D eigenvalue weighted by Crippen LogP contribution is -2.54. The number of carbonyl (C=O) groups excluding carboxylic acids is 2. The summed E-state index contributed by atoms with van der Waals surface area (Å²) in [6.07, 6.45) is 5.96. The van der Waals surface area contributed by atoms with Gasteiger partial charge in [-0.15, -0.1) is 11.8 Å². The van der Waals surface area contributed by atoms with E-state index in [2.05, 4.69) is 5.32 Å². The highest BCUT2D eigenvalue weighted by atomic mass is 35.5. The van der Waals surface area contributed by atoms with Crippen molar-refractivity contribution in [3.05, 3.63) is 124 Å². The third kappa shape index (κ3) is 8.94. The van der Waals surface area contributed by atoms with Crippen LogP contribution in [0.4, 0.5) is 5.69 Å². The summed E-state index contributed by atoms with van der Waals surface area (Å²) >= 11 is 14.1. The molecule has 2 amide bonds. The van der Waals surface area contributed by atoms with E-state index in [0.29, 0.717) is 21.3 Å². The summed E-state index contributed by atoms with van der Waals surface area (Å²) in [4.78, 5) is 31.3. The largest absolute Gasteiger partial charge is 0.352 e. The quantitative estimate of drug-likeness (QED) is 0.142. The Morgan fingerprint density at radius 1 is 0.875 bits per heavy atom. The highest BCUT2D eigenvalue weighted by Crippen LogP contribution is 2.28. The molecule has 0 aliphatic heterocycles. The van der Waals surface area contributed by atoms with Gasteiger partial charge in [0.2, 0.25) is 11.8 Å². The molecule has 1 fully saturated rings. The lowest BCUT2D eigenvalue weighted by atomic mass is 10.0. The van der Waals surface area contributed by atoms with Crippen LogP contribution < -0.4 is 9.62 Å². The van der Waals surface area contributed by atoms with Crippen LogP contribution in [0.3, 0.4) is 0 Å². The maximum Gasteiger partial charge on any atom is 0.264 e. The fourth-order valence-corrected chi connectivity index (χ4v) is 8.01. The Kier molecular flexibility index (Phi) is 12.1. The molecular formula is C37H39Cl2N3O4S2. The molecule has 1 aliphatic carbocycles. The molecule has 11 heteroatoms. The molecule has 0 heterocycles. The van der Waals surface area contributed by atoms with E-state index in [-0.39, 0.29) is 29.8 Å². The van der Waals surface area contributed by atoms with Crippen LogP contribution in [0, 0.1) is 6.92 Å². The molecule has 48 heavy (non-hydrogen) atoms. The molecule has 0 radical (unpaired) electrons. The van der Waals surface area contributed by atoms with Gasteiger partial charge in [-0.3, -0.25) is 13.9 Å². The van der Waals surface area contributed by atoms with Gasteiger partial charge in [0.05, 0.1) is 20.6 Å². The number of carbonyl (C=O) groups is 2. The minimum absolute atomic E-state index is 0.00944. The summed E-state index contributed by atoms with van der Waals surface area (Å²) in [6, 6.07) is 27.2. The summed E-state index contributed by atoms with van der Waals surface area (Å²) in [6.45, 7) is 1.39. The zero-order valence-corrected chi connectivity index (χ0v) is 30.1. The number of benzene rings is 4. The number of hydrogen-bond donors (Lipinski definition) is 1. The molecule has 252 valence electrons. The van der Waals surface area contributed by atoms with Gasteiger partial charge in [0.25, 0.3) is 10.0 Å². The molecule has 0 spiro atoms. The van der Waals surface area contributed by atoms with Crippen molar-refractivity contribution >= 4 is 62.5 Å². The second-order valence-electron chi connectivity index (χ2n) is 12.0. The van der Waals surface area contributed by atoms with Gasteiger partial charge in [0.1, 0.15) is 12.6 Å². The van der Waals surface area contributed by atoms with Crippen LogP contribution in [0.5, 0.6) is 0 Å². The second-order valence-corrected chi connectivity index (χ2v) is 15.5. The molecule has 7 nitrogen and oxygen atoms in total. The van der Waals surface area contributed by atoms with Crippen molar-refractivity contribution in [2.75, 3.05) is 17.1 Å². The van der Waals surface area contributed by atoms with Crippen LogP contribution in [-0.4, -0.2) is 50.0 Å². The van der Waals surface area contributed by atoms with E-state index in [0.717, 1.165) is 46.0 Å². The smallest absolute Gasteiger partial charge is 0.264 e. The first-order valence-electron chi connectivity index (χ1n) is 15.9.